The van der Waals surface area contributed by atoms with Crippen LogP contribution in [0, 0.1) is 0 Å². The lowest BCUT2D eigenvalue weighted by Gasteiger charge is -2.07. The molecule has 0 saturated heterocycles. The third-order valence-electron chi connectivity index (χ3n) is 2.93. The van der Waals surface area contributed by atoms with Crippen LogP contribution < -0.4 is 16.0 Å². The van der Waals surface area contributed by atoms with Crippen molar-refractivity contribution in [1.82, 2.24) is 9.97 Å². The Kier molecular flexibility index (Phi) is 4.22. The molecule has 21 heavy (non-hydrogen) atoms. The molecule has 0 atom stereocenters. The van der Waals surface area contributed by atoms with Gasteiger partial charge in [-0.3, -0.25) is 9.59 Å². The smallest absolute Gasteiger partial charge is 0.308 e. The van der Waals surface area contributed by atoms with Gasteiger partial charge in [-0.2, -0.15) is 0 Å². The van der Waals surface area contributed by atoms with E-state index in [0.717, 1.165) is 5.56 Å². The molecule has 0 saturated carbocycles. The van der Waals surface area contributed by atoms with E-state index >= 15 is 0 Å². The van der Waals surface area contributed by atoms with Crippen LogP contribution in [0.1, 0.15) is 17.0 Å². The molecule has 0 amide bonds. The molecule has 110 valence electrons. The highest BCUT2D eigenvalue weighted by Crippen LogP contribution is 2.15. The number of carboxylic acids is 1. The van der Waals surface area contributed by atoms with Crippen molar-refractivity contribution in [3.8, 4) is 5.75 Å². The van der Waals surface area contributed by atoms with Gasteiger partial charge in [0.15, 0.2) is 0 Å². The number of nitrogens with one attached hydrogen (secondary N) is 1. The molecular weight excluding hydrogens is 274 g/mol. The SMILES string of the molecule is COc1cccc(Cc2nc(N)c(CC(=O)O)c(=O)[nH]2)c1. The number of rotatable bonds is 5. The maximum atomic E-state index is 11.8. The number of carbonyl (C=O) groups is 1. The average Bonchev–Trinajstić information content (AvgIpc) is 2.43. The molecule has 0 fully saturated rings. The van der Waals surface area contributed by atoms with Crippen LogP contribution in [0.25, 0.3) is 0 Å². The second kappa shape index (κ2) is 6.08. The first kappa shape index (κ1) is 14.6. The van der Waals surface area contributed by atoms with E-state index in [4.69, 9.17) is 15.6 Å². The zero-order chi connectivity index (χ0) is 15.4. The maximum absolute atomic E-state index is 11.8. The summed E-state index contributed by atoms with van der Waals surface area (Å²) in [5.74, 6) is -0.112. The standard InChI is InChI=1S/C14H15N3O4/c1-21-9-4-2-3-8(5-9)6-11-16-13(15)10(7-12(18)19)14(20)17-11/h2-5H,6-7H2,1H3,(H,18,19)(H3,15,16,17,20). The number of methoxy groups -OCH3 is 1. The number of H-pyrrole nitrogens is 1. The Morgan fingerprint density at radius 2 is 2.24 bits per heavy atom. The average molecular weight is 289 g/mol. The highest BCUT2D eigenvalue weighted by Gasteiger charge is 2.12. The van der Waals surface area contributed by atoms with E-state index in [0.29, 0.717) is 18.0 Å². The Hall–Kier alpha value is -2.83. The Bertz CT molecular complexity index is 724. The van der Waals surface area contributed by atoms with E-state index in [1.807, 2.05) is 24.3 Å². The molecule has 0 aliphatic heterocycles. The normalized spacial score (nSPS) is 10.3. The van der Waals surface area contributed by atoms with Gasteiger partial charge in [-0.1, -0.05) is 12.1 Å². The first-order chi connectivity index (χ1) is 9.99. The fraction of sp³-hybridized carbons (Fsp3) is 0.214. The van der Waals surface area contributed by atoms with Crippen molar-refractivity contribution in [2.75, 3.05) is 12.8 Å². The van der Waals surface area contributed by atoms with Gasteiger partial charge in [0, 0.05) is 6.42 Å². The van der Waals surface area contributed by atoms with Gasteiger partial charge in [0.05, 0.1) is 19.1 Å². The predicted molar refractivity (Wildman–Crippen MR) is 76.4 cm³/mol. The number of aromatic amines is 1. The summed E-state index contributed by atoms with van der Waals surface area (Å²) in [5.41, 5.74) is 6.00. The van der Waals surface area contributed by atoms with Crippen LogP contribution >= 0.6 is 0 Å². The molecule has 1 aromatic carbocycles. The van der Waals surface area contributed by atoms with Gasteiger partial charge in [-0.15, -0.1) is 0 Å². The van der Waals surface area contributed by atoms with Crippen molar-refractivity contribution in [3.05, 3.63) is 51.6 Å². The number of hydrogen-bond donors (Lipinski definition) is 3. The van der Waals surface area contributed by atoms with E-state index in [1.165, 1.54) is 0 Å². The number of ether oxygens (including phenoxy) is 1. The number of aromatic nitrogens is 2. The molecule has 0 aliphatic rings. The van der Waals surface area contributed by atoms with Crippen molar-refractivity contribution in [1.29, 1.82) is 0 Å². The Morgan fingerprint density at radius 3 is 2.86 bits per heavy atom. The van der Waals surface area contributed by atoms with Crippen LogP contribution in [0.4, 0.5) is 5.82 Å². The molecule has 1 heterocycles. The minimum Gasteiger partial charge on any atom is -0.497 e. The van der Waals surface area contributed by atoms with Crippen LogP contribution in [0.3, 0.4) is 0 Å². The first-order valence-electron chi connectivity index (χ1n) is 6.22. The van der Waals surface area contributed by atoms with E-state index in [2.05, 4.69) is 9.97 Å². The molecule has 2 aromatic rings. The Labute approximate surface area is 120 Å². The van der Waals surface area contributed by atoms with Crippen LogP contribution in [0.5, 0.6) is 5.75 Å². The van der Waals surface area contributed by atoms with Gasteiger partial charge in [-0.05, 0) is 17.7 Å². The van der Waals surface area contributed by atoms with Crippen molar-refractivity contribution in [2.24, 2.45) is 0 Å². The lowest BCUT2D eigenvalue weighted by molar-refractivity contribution is -0.136. The third-order valence-corrected chi connectivity index (χ3v) is 2.93. The van der Waals surface area contributed by atoms with Crippen molar-refractivity contribution < 1.29 is 14.6 Å². The second-order valence-electron chi connectivity index (χ2n) is 4.48. The van der Waals surface area contributed by atoms with Gasteiger partial charge in [0.25, 0.3) is 5.56 Å². The van der Waals surface area contributed by atoms with Gasteiger partial charge >= 0.3 is 5.97 Å². The van der Waals surface area contributed by atoms with Crippen molar-refractivity contribution in [3.63, 3.8) is 0 Å². The molecule has 1 aromatic heterocycles. The van der Waals surface area contributed by atoms with Gasteiger partial charge < -0.3 is 20.6 Å². The molecule has 7 heteroatoms. The summed E-state index contributed by atoms with van der Waals surface area (Å²) in [6.07, 6.45) is -0.0857. The number of aliphatic carboxylic acids is 1. The fourth-order valence-electron chi connectivity index (χ4n) is 1.95. The summed E-state index contributed by atoms with van der Waals surface area (Å²) < 4.78 is 5.12. The van der Waals surface area contributed by atoms with E-state index < -0.39 is 17.9 Å². The summed E-state index contributed by atoms with van der Waals surface area (Å²) in [6, 6.07) is 7.32. The molecule has 0 bridgehead atoms. The Morgan fingerprint density at radius 1 is 1.48 bits per heavy atom. The monoisotopic (exact) mass is 289 g/mol. The summed E-state index contributed by atoms with van der Waals surface area (Å²) in [7, 11) is 1.57. The molecule has 0 radical (unpaired) electrons. The zero-order valence-electron chi connectivity index (χ0n) is 11.4. The molecular formula is C14H15N3O4. The van der Waals surface area contributed by atoms with E-state index in [-0.39, 0.29) is 11.4 Å². The van der Waals surface area contributed by atoms with Gasteiger partial charge in [-0.25, -0.2) is 4.98 Å². The first-order valence-corrected chi connectivity index (χ1v) is 6.22. The minimum absolute atomic E-state index is 0.0307. The molecule has 7 nitrogen and oxygen atoms in total. The number of hydrogen-bond acceptors (Lipinski definition) is 5. The molecule has 2 rings (SSSR count). The summed E-state index contributed by atoms with van der Waals surface area (Å²) in [5, 5.41) is 8.73. The summed E-state index contributed by atoms with van der Waals surface area (Å²) >= 11 is 0. The Balaban J connectivity index is 2.29. The van der Waals surface area contributed by atoms with Gasteiger partial charge in [0.2, 0.25) is 0 Å². The summed E-state index contributed by atoms with van der Waals surface area (Å²) in [4.78, 5) is 29.1. The number of benzene rings is 1. The van der Waals surface area contributed by atoms with Crippen LogP contribution in [0.15, 0.2) is 29.1 Å². The lowest BCUT2D eigenvalue weighted by atomic mass is 10.1. The predicted octanol–water partition coefficient (Wildman–Crippen LogP) is 0.579. The second-order valence-corrected chi connectivity index (χ2v) is 4.48. The largest absolute Gasteiger partial charge is 0.497 e. The van der Waals surface area contributed by atoms with Crippen molar-refractivity contribution in [2.45, 2.75) is 12.8 Å². The minimum atomic E-state index is -1.13. The van der Waals surface area contributed by atoms with Crippen LogP contribution in [0.2, 0.25) is 0 Å². The number of anilines is 1. The molecule has 0 unspecified atom stereocenters. The number of nitrogens with zero attached hydrogens (tertiary/aromatic N) is 1. The van der Waals surface area contributed by atoms with Crippen molar-refractivity contribution >= 4 is 11.8 Å². The lowest BCUT2D eigenvalue weighted by Crippen LogP contribution is -2.22. The maximum Gasteiger partial charge on any atom is 0.308 e. The topological polar surface area (TPSA) is 118 Å². The number of carboxylic acid groups (broad SMARTS) is 1. The van der Waals surface area contributed by atoms with Gasteiger partial charge in [0.1, 0.15) is 17.4 Å². The number of nitrogen functional groups attached to an aromatic ring is 1. The highest BCUT2D eigenvalue weighted by molar-refractivity contribution is 5.71. The summed E-state index contributed by atoms with van der Waals surface area (Å²) in [6.45, 7) is 0. The zero-order valence-corrected chi connectivity index (χ0v) is 11.4. The van der Waals surface area contributed by atoms with Crippen LogP contribution in [-0.4, -0.2) is 28.2 Å². The number of nitrogens with two attached hydrogens (primary N) is 1. The van der Waals surface area contributed by atoms with E-state index in [9.17, 15) is 9.59 Å². The van der Waals surface area contributed by atoms with Crippen LogP contribution in [-0.2, 0) is 17.6 Å². The third kappa shape index (κ3) is 3.59. The quantitative estimate of drug-likeness (QED) is 0.741. The van der Waals surface area contributed by atoms with E-state index in [1.54, 1.807) is 7.11 Å². The fourth-order valence-corrected chi connectivity index (χ4v) is 1.95. The molecule has 0 spiro atoms. The molecule has 4 N–H and O–H groups in total. The highest BCUT2D eigenvalue weighted by atomic mass is 16.5. The molecule has 0 aliphatic carbocycles.